The standard InChI is InChI=1S/C9H9NO2S/c1-6-4-13-5-7(6)10-8(11)2-3-9(10)12/h4-5H,2-3H2,1H3. The fourth-order valence-corrected chi connectivity index (χ4v) is 2.24. The fourth-order valence-electron chi connectivity index (χ4n) is 1.43. The van der Waals surface area contributed by atoms with Crippen molar-refractivity contribution in [1.29, 1.82) is 0 Å². The van der Waals surface area contributed by atoms with E-state index in [1.54, 1.807) is 0 Å². The van der Waals surface area contributed by atoms with Crippen LogP contribution >= 0.6 is 11.3 Å². The van der Waals surface area contributed by atoms with Gasteiger partial charge in [0.2, 0.25) is 11.8 Å². The Hall–Kier alpha value is -1.16. The minimum absolute atomic E-state index is 0.0773. The molecule has 1 fully saturated rings. The zero-order chi connectivity index (χ0) is 9.42. The monoisotopic (exact) mass is 195 g/mol. The molecule has 1 saturated heterocycles. The van der Waals surface area contributed by atoms with E-state index in [2.05, 4.69) is 0 Å². The molecular weight excluding hydrogens is 186 g/mol. The number of aryl methyl sites for hydroxylation is 1. The first-order chi connectivity index (χ1) is 6.20. The number of amides is 2. The maximum absolute atomic E-state index is 11.3. The highest BCUT2D eigenvalue weighted by atomic mass is 32.1. The van der Waals surface area contributed by atoms with Gasteiger partial charge >= 0.3 is 0 Å². The first kappa shape index (κ1) is 8.44. The van der Waals surface area contributed by atoms with Gasteiger partial charge < -0.3 is 0 Å². The Balaban J connectivity index is 2.40. The SMILES string of the molecule is Cc1cscc1N1C(=O)CCC1=O. The lowest BCUT2D eigenvalue weighted by molar-refractivity contribution is -0.121. The molecule has 2 amide bonds. The number of carbonyl (C=O) groups excluding carboxylic acids is 2. The van der Waals surface area contributed by atoms with E-state index in [-0.39, 0.29) is 11.8 Å². The first-order valence-corrected chi connectivity index (χ1v) is 5.03. The molecule has 0 saturated carbocycles. The third-order valence-electron chi connectivity index (χ3n) is 2.12. The van der Waals surface area contributed by atoms with Crippen LogP contribution < -0.4 is 4.90 Å². The molecule has 1 aliphatic rings. The molecule has 3 nitrogen and oxygen atoms in total. The van der Waals surface area contributed by atoms with Crippen LogP contribution in [0.2, 0.25) is 0 Å². The van der Waals surface area contributed by atoms with Crippen molar-refractivity contribution in [2.24, 2.45) is 0 Å². The molecule has 0 bridgehead atoms. The molecule has 1 aliphatic heterocycles. The van der Waals surface area contributed by atoms with Crippen LogP contribution in [0, 0.1) is 6.92 Å². The van der Waals surface area contributed by atoms with Crippen LogP contribution in [0.1, 0.15) is 18.4 Å². The van der Waals surface area contributed by atoms with E-state index in [1.807, 2.05) is 17.7 Å². The van der Waals surface area contributed by atoms with E-state index in [9.17, 15) is 9.59 Å². The normalized spacial score (nSPS) is 17.2. The largest absolute Gasteiger partial charge is 0.274 e. The van der Waals surface area contributed by atoms with Crippen LogP contribution in [0.4, 0.5) is 5.69 Å². The zero-order valence-corrected chi connectivity index (χ0v) is 8.06. The van der Waals surface area contributed by atoms with E-state index in [0.717, 1.165) is 11.3 Å². The Bertz CT molecular complexity index is 353. The lowest BCUT2D eigenvalue weighted by Crippen LogP contribution is -2.28. The van der Waals surface area contributed by atoms with Gasteiger partial charge in [-0.2, -0.15) is 0 Å². The predicted molar refractivity (Wildman–Crippen MR) is 50.8 cm³/mol. The Morgan fingerprint density at radius 2 is 1.85 bits per heavy atom. The fraction of sp³-hybridized carbons (Fsp3) is 0.333. The Labute approximate surface area is 80.0 Å². The molecular formula is C9H9NO2S. The third kappa shape index (κ3) is 1.27. The summed E-state index contributed by atoms with van der Waals surface area (Å²) in [5.41, 5.74) is 1.76. The molecule has 2 heterocycles. The number of imide groups is 1. The highest BCUT2D eigenvalue weighted by Crippen LogP contribution is 2.28. The second-order valence-electron chi connectivity index (χ2n) is 3.06. The van der Waals surface area contributed by atoms with Crippen LogP contribution in [0.3, 0.4) is 0 Å². The number of hydrogen-bond donors (Lipinski definition) is 0. The van der Waals surface area contributed by atoms with Crippen LogP contribution in [-0.4, -0.2) is 11.8 Å². The summed E-state index contributed by atoms with van der Waals surface area (Å²) in [7, 11) is 0. The summed E-state index contributed by atoms with van der Waals surface area (Å²) in [5, 5.41) is 3.78. The van der Waals surface area contributed by atoms with Crippen LogP contribution in [-0.2, 0) is 9.59 Å². The Kier molecular flexibility index (Phi) is 1.92. The van der Waals surface area contributed by atoms with Gasteiger partial charge in [-0.15, -0.1) is 11.3 Å². The number of anilines is 1. The van der Waals surface area contributed by atoms with E-state index in [0.29, 0.717) is 12.8 Å². The van der Waals surface area contributed by atoms with Crippen molar-refractivity contribution >= 4 is 28.8 Å². The van der Waals surface area contributed by atoms with Crippen molar-refractivity contribution in [2.45, 2.75) is 19.8 Å². The van der Waals surface area contributed by atoms with Crippen molar-refractivity contribution < 1.29 is 9.59 Å². The average molecular weight is 195 g/mol. The summed E-state index contributed by atoms with van der Waals surface area (Å²) < 4.78 is 0. The molecule has 13 heavy (non-hydrogen) atoms. The molecule has 0 N–H and O–H groups in total. The lowest BCUT2D eigenvalue weighted by Gasteiger charge is -2.12. The average Bonchev–Trinajstić information content (AvgIpc) is 2.60. The topological polar surface area (TPSA) is 37.4 Å². The minimum Gasteiger partial charge on any atom is -0.274 e. The predicted octanol–water partition coefficient (Wildman–Crippen LogP) is 1.71. The summed E-state index contributed by atoms with van der Waals surface area (Å²) in [6.07, 6.45) is 0.711. The van der Waals surface area contributed by atoms with Crippen molar-refractivity contribution in [1.82, 2.24) is 0 Å². The zero-order valence-electron chi connectivity index (χ0n) is 7.24. The van der Waals surface area contributed by atoms with E-state index >= 15 is 0 Å². The molecule has 0 radical (unpaired) electrons. The molecule has 0 atom stereocenters. The first-order valence-electron chi connectivity index (χ1n) is 4.08. The number of carbonyl (C=O) groups is 2. The molecule has 0 spiro atoms. The van der Waals surface area contributed by atoms with E-state index < -0.39 is 0 Å². The molecule has 1 aromatic heterocycles. The van der Waals surface area contributed by atoms with Gasteiger partial charge in [0, 0.05) is 18.2 Å². The summed E-state index contributed by atoms with van der Waals surface area (Å²) >= 11 is 1.51. The quantitative estimate of drug-likeness (QED) is 0.640. The summed E-state index contributed by atoms with van der Waals surface area (Å²) in [4.78, 5) is 24.0. The van der Waals surface area contributed by atoms with E-state index in [1.165, 1.54) is 16.2 Å². The van der Waals surface area contributed by atoms with Crippen molar-refractivity contribution in [3.05, 3.63) is 16.3 Å². The van der Waals surface area contributed by atoms with Gasteiger partial charge in [-0.05, 0) is 17.9 Å². The van der Waals surface area contributed by atoms with Crippen molar-refractivity contribution in [2.75, 3.05) is 4.90 Å². The maximum Gasteiger partial charge on any atom is 0.234 e. The molecule has 2 rings (SSSR count). The van der Waals surface area contributed by atoms with Gasteiger partial charge in [0.05, 0.1) is 5.69 Å². The molecule has 0 unspecified atom stereocenters. The number of thiophene rings is 1. The summed E-state index contributed by atoms with van der Waals surface area (Å²) in [5.74, 6) is -0.155. The molecule has 4 heteroatoms. The minimum atomic E-state index is -0.0773. The van der Waals surface area contributed by atoms with Crippen molar-refractivity contribution in [3.63, 3.8) is 0 Å². The van der Waals surface area contributed by atoms with Gasteiger partial charge in [0.25, 0.3) is 0 Å². The number of rotatable bonds is 1. The number of hydrogen-bond acceptors (Lipinski definition) is 3. The van der Waals surface area contributed by atoms with Gasteiger partial charge in [-0.25, -0.2) is 4.90 Å². The summed E-state index contributed by atoms with van der Waals surface area (Å²) in [6.45, 7) is 1.91. The van der Waals surface area contributed by atoms with Gasteiger partial charge in [0.15, 0.2) is 0 Å². The van der Waals surface area contributed by atoms with E-state index in [4.69, 9.17) is 0 Å². The van der Waals surface area contributed by atoms with Crippen LogP contribution in [0.25, 0.3) is 0 Å². The second-order valence-corrected chi connectivity index (χ2v) is 3.81. The maximum atomic E-state index is 11.3. The Morgan fingerprint density at radius 3 is 2.31 bits per heavy atom. The van der Waals surface area contributed by atoms with Gasteiger partial charge in [-0.3, -0.25) is 9.59 Å². The van der Waals surface area contributed by atoms with Crippen LogP contribution in [0.15, 0.2) is 10.8 Å². The van der Waals surface area contributed by atoms with Crippen LogP contribution in [0.5, 0.6) is 0 Å². The smallest absolute Gasteiger partial charge is 0.234 e. The molecule has 0 aromatic carbocycles. The highest BCUT2D eigenvalue weighted by molar-refractivity contribution is 7.08. The second kappa shape index (κ2) is 2.96. The molecule has 0 aliphatic carbocycles. The lowest BCUT2D eigenvalue weighted by atomic mass is 10.3. The molecule has 68 valence electrons. The highest BCUT2D eigenvalue weighted by Gasteiger charge is 2.31. The van der Waals surface area contributed by atoms with Gasteiger partial charge in [0.1, 0.15) is 0 Å². The summed E-state index contributed by atoms with van der Waals surface area (Å²) in [6, 6.07) is 0. The molecule has 1 aromatic rings. The Morgan fingerprint density at radius 1 is 1.23 bits per heavy atom. The number of nitrogens with zero attached hydrogens (tertiary/aromatic N) is 1. The third-order valence-corrected chi connectivity index (χ3v) is 2.97. The van der Waals surface area contributed by atoms with Gasteiger partial charge in [-0.1, -0.05) is 0 Å². The van der Waals surface area contributed by atoms with Crippen molar-refractivity contribution in [3.8, 4) is 0 Å².